The van der Waals surface area contributed by atoms with Crippen LogP contribution in [-0.2, 0) is 17.6 Å². The average Bonchev–Trinajstić information content (AvgIpc) is 3.08. The Bertz CT molecular complexity index is 618. The minimum atomic E-state index is 0.298. The van der Waals surface area contributed by atoms with Gasteiger partial charge in [-0.15, -0.1) is 11.3 Å². The van der Waals surface area contributed by atoms with Crippen molar-refractivity contribution in [2.75, 3.05) is 13.1 Å². The van der Waals surface area contributed by atoms with Gasteiger partial charge in [0.1, 0.15) is 0 Å². The standard InChI is InChI=1S/C17H20N2OS/c1-13-4-6-14(7-5-13)11-15-12-18-16(21-15)8-10-19-9-2-3-17(19)20/h4-7,12H,2-3,8-11H2,1H3. The molecule has 4 heteroatoms. The summed E-state index contributed by atoms with van der Waals surface area (Å²) in [6.07, 6.45) is 5.53. The fraction of sp³-hybridized carbons (Fsp3) is 0.412. The first-order chi connectivity index (χ1) is 10.2. The fourth-order valence-electron chi connectivity index (χ4n) is 2.62. The zero-order valence-electron chi connectivity index (χ0n) is 12.3. The summed E-state index contributed by atoms with van der Waals surface area (Å²) in [5.74, 6) is 0.298. The lowest BCUT2D eigenvalue weighted by atomic mass is 10.1. The van der Waals surface area contributed by atoms with E-state index >= 15 is 0 Å². The normalized spacial score (nSPS) is 14.9. The van der Waals surface area contributed by atoms with Crippen molar-refractivity contribution in [3.8, 4) is 0 Å². The van der Waals surface area contributed by atoms with E-state index in [4.69, 9.17) is 0 Å². The number of benzene rings is 1. The molecule has 1 aromatic heterocycles. The average molecular weight is 300 g/mol. The van der Waals surface area contributed by atoms with Gasteiger partial charge in [0, 0.05) is 43.4 Å². The Morgan fingerprint density at radius 1 is 1.29 bits per heavy atom. The molecule has 1 fully saturated rings. The van der Waals surface area contributed by atoms with Crippen LogP contribution < -0.4 is 0 Å². The van der Waals surface area contributed by atoms with Crippen molar-refractivity contribution in [2.24, 2.45) is 0 Å². The van der Waals surface area contributed by atoms with Crippen LogP contribution >= 0.6 is 11.3 Å². The highest BCUT2D eigenvalue weighted by atomic mass is 32.1. The lowest BCUT2D eigenvalue weighted by Crippen LogP contribution is -2.26. The summed E-state index contributed by atoms with van der Waals surface area (Å²) in [5.41, 5.74) is 2.62. The second-order valence-electron chi connectivity index (χ2n) is 5.62. The van der Waals surface area contributed by atoms with E-state index in [1.807, 2.05) is 11.1 Å². The van der Waals surface area contributed by atoms with Gasteiger partial charge in [-0.1, -0.05) is 29.8 Å². The first-order valence-corrected chi connectivity index (χ1v) is 8.29. The minimum Gasteiger partial charge on any atom is -0.342 e. The zero-order valence-corrected chi connectivity index (χ0v) is 13.2. The molecule has 2 heterocycles. The largest absolute Gasteiger partial charge is 0.342 e. The summed E-state index contributed by atoms with van der Waals surface area (Å²) in [7, 11) is 0. The summed E-state index contributed by atoms with van der Waals surface area (Å²) in [6.45, 7) is 3.84. The minimum absolute atomic E-state index is 0.298. The molecule has 0 aliphatic carbocycles. The number of amides is 1. The van der Waals surface area contributed by atoms with E-state index in [1.165, 1.54) is 16.0 Å². The van der Waals surface area contributed by atoms with Crippen molar-refractivity contribution in [3.05, 3.63) is 51.5 Å². The predicted molar refractivity (Wildman–Crippen MR) is 85.6 cm³/mol. The zero-order chi connectivity index (χ0) is 14.7. The number of aromatic nitrogens is 1. The highest BCUT2D eigenvalue weighted by molar-refractivity contribution is 7.11. The number of nitrogens with zero attached hydrogens (tertiary/aromatic N) is 2. The van der Waals surface area contributed by atoms with Gasteiger partial charge >= 0.3 is 0 Å². The molecule has 0 N–H and O–H groups in total. The first kappa shape index (κ1) is 14.3. The Hall–Kier alpha value is -1.68. The van der Waals surface area contributed by atoms with Gasteiger partial charge in [0.2, 0.25) is 5.91 Å². The van der Waals surface area contributed by atoms with Gasteiger partial charge in [-0.25, -0.2) is 4.98 Å². The summed E-state index contributed by atoms with van der Waals surface area (Å²) in [6, 6.07) is 8.65. The first-order valence-electron chi connectivity index (χ1n) is 7.47. The predicted octanol–water partition coefficient (Wildman–Crippen LogP) is 3.21. The maximum atomic E-state index is 11.6. The number of hydrogen-bond donors (Lipinski definition) is 0. The van der Waals surface area contributed by atoms with E-state index in [-0.39, 0.29) is 0 Å². The van der Waals surface area contributed by atoms with Gasteiger partial charge < -0.3 is 4.90 Å². The number of likely N-dealkylation sites (tertiary alicyclic amines) is 1. The quantitative estimate of drug-likeness (QED) is 0.849. The monoisotopic (exact) mass is 300 g/mol. The van der Waals surface area contributed by atoms with E-state index in [1.54, 1.807) is 11.3 Å². The molecule has 3 nitrogen and oxygen atoms in total. The van der Waals surface area contributed by atoms with Gasteiger partial charge in [0.15, 0.2) is 0 Å². The third kappa shape index (κ3) is 3.70. The van der Waals surface area contributed by atoms with Crippen LogP contribution in [-0.4, -0.2) is 28.9 Å². The number of rotatable bonds is 5. The van der Waals surface area contributed by atoms with Crippen LogP contribution in [0, 0.1) is 6.92 Å². The molecule has 1 aliphatic rings. The highest BCUT2D eigenvalue weighted by Gasteiger charge is 2.19. The molecule has 0 radical (unpaired) electrons. The molecule has 21 heavy (non-hydrogen) atoms. The topological polar surface area (TPSA) is 33.2 Å². The molecule has 2 aromatic rings. The molecule has 1 aliphatic heterocycles. The SMILES string of the molecule is Cc1ccc(Cc2cnc(CCN3CCCC3=O)s2)cc1. The Balaban J connectivity index is 1.56. The van der Waals surface area contributed by atoms with Gasteiger partial charge in [-0.3, -0.25) is 4.79 Å². The molecule has 0 unspecified atom stereocenters. The molecule has 1 amide bonds. The summed E-state index contributed by atoms with van der Waals surface area (Å²) in [4.78, 5) is 19.3. The number of aryl methyl sites for hydroxylation is 1. The molecule has 1 saturated heterocycles. The van der Waals surface area contributed by atoms with E-state index in [9.17, 15) is 4.79 Å². The van der Waals surface area contributed by atoms with Crippen LogP contribution in [0.15, 0.2) is 30.5 Å². The molecule has 1 aromatic carbocycles. The highest BCUT2D eigenvalue weighted by Crippen LogP contribution is 2.19. The Kier molecular flexibility index (Phi) is 4.34. The van der Waals surface area contributed by atoms with E-state index in [0.29, 0.717) is 5.91 Å². The van der Waals surface area contributed by atoms with E-state index in [0.717, 1.165) is 43.8 Å². The van der Waals surface area contributed by atoms with Crippen molar-refractivity contribution < 1.29 is 4.79 Å². The van der Waals surface area contributed by atoms with Crippen LogP contribution in [0.1, 0.15) is 33.9 Å². The maximum absolute atomic E-state index is 11.6. The van der Waals surface area contributed by atoms with Crippen LogP contribution in [0.4, 0.5) is 0 Å². The van der Waals surface area contributed by atoms with Crippen molar-refractivity contribution in [2.45, 2.75) is 32.6 Å². The molecule has 0 saturated carbocycles. The van der Waals surface area contributed by atoms with E-state index in [2.05, 4.69) is 36.2 Å². The fourth-order valence-corrected chi connectivity index (χ4v) is 3.57. The second kappa shape index (κ2) is 6.39. The third-order valence-electron chi connectivity index (χ3n) is 3.87. The van der Waals surface area contributed by atoms with Crippen molar-refractivity contribution in [1.82, 2.24) is 9.88 Å². The number of thiazole rings is 1. The lowest BCUT2D eigenvalue weighted by molar-refractivity contribution is -0.127. The molecular formula is C17H20N2OS. The van der Waals surface area contributed by atoms with Crippen LogP contribution in [0.3, 0.4) is 0 Å². The lowest BCUT2D eigenvalue weighted by Gasteiger charge is -2.13. The van der Waals surface area contributed by atoms with Crippen molar-refractivity contribution in [3.63, 3.8) is 0 Å². The number of carbonyl (C=O) groups is 1. The van der Waals surface area contributed by atoms with Crippen LogP contribution in [0.2, 0.25) is 0 Å². The molecule has 0 atom stereocenters. The second-order valence-corrected chi connectivity index (χ2v) is 6.82. The van der Waals surface area contributed by atoms with E-state index < -0.39 is 0 Å². The van der Waals surface area contributed by atoms with Gasteiger partial charge in [0.25, 0.3) is 0 Å². The number of hydrogen-bond acceptors (Lipinski definition) is 3. The summed E-state index contributed by atoms with van der Waals surface area (Å²) < 4.78 is 0. The Labute approximate surface area is 129 Å². The van der Waals surface area contributed by atoms with Crippen molar-refractivity contribution in [1.29, 1.82) is 0 Å². The Morgan fingerprint density at radius 2 is 2.10 bits per heavy atom. The molecule has 0 spiro atoms. The molecule has 110 valence electrons. The summed E-state index contributed by atoms with van der Waals surface area (Å²) in [5, 5.41) is 1.14. The molecular weight excluding hydrogens is 280 g/mol. The van der Waals surface area contributed by atoms with Gasteiger partial charge in [-0.05, 0) is 18.9 Å². The molecule has 3 rings (SSSR count). The third-order valence-corrected chi connectivity index (χ3v) is 4.92. The maximum Gasteiger partial charge on any atom is 0.222 e. The summed E-state index contributed by atoms with van der Waals surface area (Å²) >= 11 is 1.77. The number of carbonyl (C=O) groups excluding carboxylic acids is 1. The van der Waals surface area contributed by atoms with Crippen LogP contribution in [0.25, 0.3) is 0 Å². The van der Waals surface area contributed by atoms with Crippen molar-refractivity contribution >= 4 is 17.2 Å². The van der Waals surface area contributed by atoms with Gasteiger partial charge in [-0.2, -0.15) is 0 Å². The van der Waals surface area contributed by atoms with Crippen LogP contribution in [0.5, 0.6) is 0 Å². The van der Waals surface area contributed by atoms with Gasteiger partial charge in [0.05, 0.1) is 5.01 Å². The smallest absolute Gasteiger partial charge is 0.222 e. The molecule has 0 bridgehead atoms. The Morgan fingerprint density at radius 3 is 2.81 bits per heavy atom.